The van der Waals surface area contributed by atoms with Crippen molar-refractivity contribution in [3.05, 3.63) is 88.3 Å². The molecule has 1 N–H and O–H groups in total. The van der Waals surface area contributed by atoms with Gasteiger partial charge in [-0.2, -0.15) is 0 Å². The molecule has 1 aromatic heterocycles. The Hall–Kier alpha value is -2.69. The molecule has 0 spiro atoms. The van der Waals surface area contributed by atoms with E-state index in [1.165, 1.54) is 19.9 Å². The number of aryl methyl sites for hydroxylation is 1. The first-order chi connectivity index (χ1) is 13.1. The van der Waals surface area contributed by atoms with Crippen molar-refractivity contribution in [3.8, 4) is 0 Å². The Kier molecular flexibility index (Phi) is 7.32. The van der Waals surface area contributed by atoms with Gasteiger partial charge in [0.15, 0.2) is 0 Å². The molecule has 3 nitrogen and oxygen atoms in total. The van der Waals surface area contributed by atoms with E-state index in [0.717, 1.165) is 22.6 Å². The maximum Gasteiger partial charge on any atom is 0.147 e. The highest BCUT2D eigenvalue weighted by Gasteiger charge is 2.19. The van der Waals surface area contributed by atoms with Crippen LogP contribution in [0.15, 0.2) is 60.1 Å². The lowest BCUT2D eigenvalue weighted by Gasteiger charge is -2.13. The number of pyridine rings is 1. The van der Waals surface area contributed by atoms with Crippen LogP contribution in [0.5, 0.6) is 0 Å². The average molecular weight is 386 g/mol. The summed E-state index contributed by atoms with van der Waals surface area (Å²) in [4.78, 5) is 4.14. The minimum Gasteiger partial charge on any atom is -0.493 e. The van der Waals surface area contributed by atoms with Crippen LogP contribution in [-0.2, 0) is 23.6 Å². The first kappa shape index (κ1) is 21.6. The molecule has 0 aliphatic heterocycles. The van der Waals surface area contributed by atoms with Gasteiger partial charge in [-0.05, 0) is 64.5 Å². The fraction of sp³-hybridized carbons (Fsp3) is 0.348. The molecule has 0 aliphatic carbocycles. The molecule has 0 amide bonds. The number of alkyl halides is 1. The maximum absolute atomic E-state index is 13.8. The fourth-order valence-corrected chi connectivity index (χ4v) is 2.44. The van der Waals surface area contributed by atoms with Crippen LogP contribution in [-0.4, -0.2) is 4.98 Å². The van der Waals surface area contributed by atoms with Gasteiger partial charge in [0.05, 0.1) is 11.5 Å². The Morgan fingerprint density at radius 1 is 1.18 bits per heavy atom. The lowest BCUT2D eigenvalue weighted by molar-refractivity contribution is 0.198. The molecule has 0 radical (unpaired) electrons. The third-order valence-corrected chi connectivity index (χ3v) is 4.23. The van der Waals surface area contributed by atoms with Crippen LogP contribution in [0.2, 0.25) is 0 Å². The van der Waals surface area contributed by atoms with E-state index in [-0.39, 0.29) is 5.82 Å². The minimum absolute atomic E-state index is 0.203. The molecule has 0 bridgehead atoms. The molecule has 0 saturated carbocycles. The quantitative estimate of drug-likeness (QED) is 0.457. The number of aromatic nitrogens is 1. The minimum atomic E-state index is -1.45. The third-order valence-electron chi connectivity index (χ3n) is 4.23. The fourth-order valence-electron chi connectivity index (χ4n) is 2.44. The Bertz CT molecular complexity index is 850. The summed E-state index contributed by atoms with van der Waals surface area (Å²) in [7, 11) is 0. The first-order valence-corrected chi connectivity index (χ1v) is 9.26. The monoisotopic (exact) mass is 386 g/mol. The van der Waals surface area contributed by atoms with E-state index >= 15 is 0 Å². The average Bonchev–Trinajstić information content (AvgIpc) is 2.63. The number of benzene rings is 1. The summed E-state index contributed by atoms with van der Waals surface area (Å²) < 4.78 is 33.4. The van der Waals surface area contributed by atoms with E-state index in [2.05, 4.69) is 10.3 Å². The zero-order valence-corrected chi connectivity index (χ0v) is 17.1. The summed E-state index contributed by atoms with van der Waals surface area (Å²) >= 11 is 0. The normalized spacial score (nSPS) is 12.8. The second kappa shape index (κ2) is 9.49. The van der Waals surface area contributed by atoms with E-state index in [1.807, 2.05) is 45.1 Å². The second-order valence-electron chi connectivity index (χ2n) is 7.39. The van der Waals surface area contributed by atoms with Crippen molar-refractivity contribution in [2.24, 2.45) is 0 Å². The predicted molar refractivity (Wildman–Crippen MR) is 109 cm³/mol. The molecule has 28 heavy (non-hydrogen) atoms. The van der Waals surface area contributed by atoms with Crippen LogP contribution in [0.3, 0.4) is 0 Å². The number of ether oxygens (including phenoxy) is 1. The molecule has 0 fully saturated rings. The van der Waals surface area contributed by atoms with E-state index < -0.39 is 5.67 Å². The van der Waals surface area contributed by atoms with Gasteiger partial charge in [-0.1, -0.05) is 18.2 Å². The highest BCUT2D eigenvalue weighted by atomic mass is 19.1. The SMILES string of the molecule is C/C(=C\C=C(/C)OCc1ccc(C(C)(C)F)nc1)NCc1ccc(C)cc1F. The van der Waals surface area contributed by atoms with Gasteiger partial charge in [0.1, 0.15) is 18.1 Å². The van der Waals surface area contributed by atoms with E-state index in [0.29, 0.717) is 24.4 Å². The molecule has 150 valence electrons. The van der Waals surface area contributed by atoms with Crippen LogP contribution in [0.25, 0.3) is 0 Å². The largest absolute Gasteiger partial charge is 0.493 e. The van der Waals surface area contributed by atoms with Crippen molar-refractivity contribution in [2.45, 2.75) is 53.4 Å². The van der Waals surface area contributed by atoms with Gasteiger partial charge in [0.2, 0.25) is 0 Å². The molecular formula is C23H28F2N2O. The van der Waals surface area contributed by atoms with Crippen molar-refractivity contribution >= 4 is 0 Å². The number of rotatable bonds is 8. The van der Waals surface area contributed by atoms with Gasteiger partial charge in [0, 0.05) is 29.6 Å². The van der Waals surface area contributed by atoms with Crippen LogP contribution in [0.4, 0.5) is 8.78 Å². The zero-order valence-electron chi connectivity index (χ0n) is 17.1. The van der Waals surface area contributed by atoms with Gasteiger partial charge < -0.3 is 10.1 Å². The van der Waals surface area contributed by atoms with Crippen LogP contribution in [0.1, 0.15) is 50.1 Å². The van der Waals surface area contributed by atoms with Gasteiger partial charge in [-0.3, -0.25) is 4.98 Å². The highest BCUT2D eigenvalue weighted by molar-refractivity contribution is 5.24. The van der Waals surface area contributed by atoms with Crippen molar-refractivity contribution < 1.29 is 13.5 Å². The zero-order chi connectivity index (χ0) is 20.7. The summed E-state index contributed by atoms with van der Waals surface area (Å²) in [5, 5.41) is 3.18. The van der Waals surface area contributed by atoms with Crippen molar-refractivity contribution in [2.75, 3.05) is 0 Å². The number of nitrogens with one attached hydrogen (secondary N) is 1. The van der Waals surface area contributed by atoms with Gasteiger partial charge in [-0.15, -0.1) is 0 Å². The van der Waals surface area contributed by atoms with Gasteiger partial charge in [-0.25, -0.2) is 8.78 Å². The predicted octanol–water partition coefficient (Wildman–Crippen LogP) is 5.85. The van der Waals surface area contributed by atoms with E-state index in [1.54, 1.807) is 18.3 Å². The molecule has 5 heteroatoms. The summed E-state index contributed by atoms with van der Waals surface area (Å²) in [5.41, 5.74) is 2.25. The molecular weight excluding hydrogens is 358 g/mol. The molecule has 2 rings (SSSR count). The summed E-state index contributed by atoms with van der Waals surface area (Å²) in [6.07, 6.45) is 5.36. The number of allylic oxidation sites excluding steroid dienone is 4. The standard InChI is InChI=1S/C23H28F2N2O/c1-16-6-10-20(21(24)12-16)14-26-17(2)7-8-18(3)28-15-19-9-11-22(27-13-19)23(4,5)25/h6-13,26H,14-15H2,1-5H3/b17-7+,18-8+. The van der Waals surface area contributed by atoms with Crippen molar-refractivity contribution in [3.63, 3.8) is 0 Å². The van der Waals surface area contributed by atoms with E-state index in [9.17, 15) is 8.78 Å². The second-order valence-corrected chi connectivity index (χ2v) is 7.39. The molecule has 0 aliphatic rings. The Balaban J connectivity index is 1.85. The van der Waals surface area contributed by atoms with Crippen molar-refractivity contribution in [1.82, 2.24) is 10.3 Å². The topological polar surface area (TPSA) is 34.1 Å². The van der Waals surface area contributed by atoms with Crippen LogP contribution >= 0.6 is 0 Å². The third kappa shape index (κ3) is 6.80. The molecule has 1 heterocycles. The summed E-state index contributed by atoms with van der Waals surface area (Å²) in [6.45, 7) is 9.38. The number of nitrogens with zero attached hydrogens (tertiary/aromatic N) is 1. The number of hydrogen-bond acceptors (Lipinski definition) is 3. The Labute approximate surface area is 166 Å². The number of hydrogen-bond donors (Lipinski definition) is 1. The summed E-state index contributed by atoms with van der Waals surface area (Å²) in [6, 6.07) is 8.71. The Morgan fingerprint density at radius 3 is 2.54 bits per heavy atom. The van der Waals surface area contributed by atoms with Gasteiger partial charge in [0.25, 0.3) is 0 Å². The van der Waals surface area contributed by atoms with Crippen molar-refractivity contribution in [1.29, 1.82) is 0 Å². The molecule has 2 aromatic rings. The lowest BCUT2D eigenvalue weighted by atomic mass is 10.1. The summed E-state index contributed by atoms with van der Waals surface area (Å²) in [5.74, 6) is 0.531. The van der Waals surface area contributed by atoms with Crippen LogP contribution < -0.4 is 5.32 Å². The molecule has 1 aromatic carbocycles. The van der Waals surface area contributed by atoms with Gasteiger partial charge >= 0.3 is 0 Å². The molecule has 0 atom stereocenters. The number of halogens is 2. The first-order valence-electron chi connectivity index (χ1n) is 9.26. The van der Waals surface area contributed by atoms with Crippen LogP contribution in [0, 0.1) is 12.7 Å². The Morgan fingerprint density at radius 2 is 1.93 bits per heavy atom. The smallest absolute Gasteiger partial charge is 0.147 e. The highest BCUT2D eigenvalue weighted by Crippen LogP contribution is 2.22. The van der Waals surface area contributed by atoms with E-state index in [4.69, 9.17) is 4.74 Å². The lowest BCUT2D eigenvalue weighted by Crippen LogP contribution is -2.11. The maximum atomic E-state index is 13.8. The molecule has 0 unspecified atom stereocenters. The molecule has 0 saturated heterocycles.